The molecule has 7 nitrogen and oxygen atoms in total. The van der Waals surface area contributed by atoms with Gasteiger partial charge in [0.25, 0.3) is 0 Å². The second kappa shape index (κ2) is 17.6. The summed E-state index contributed by atoms with van der Waals surface area (Å²) in [6, 6.07) is 0. The Morgan fingerprint density at radius 3 is 1.42 bits per heavy atom. The molecule has 0 aromatic rings. The SMILES string of the molecule is CCC/C=C/CCCCCC[N+](CCC(C)C(=O)O)(CCC(C)C(=O)O)CCC(C)C(=O)O. The van der Waals surface area contributed by atoms with Crippen molar-refractivity contribution in [1.29, 1.82) is 0 Å². The Bertz CT molecular complexity index is 544. The van der Waals surface area contributed by atoms with E-state index in [1.165, 1.54) is 0 Å². The van der Waals surface area contributed by atoms with Crippen molar-refractivity contribution >= 4 is 17.9 Å². The van der Waals surface area contributed by atoms with Gasteiger partial charge in [0, 0.05) is 19.3 Å². The van der Waals surface area contributed by atoms with E-state index in [2.05, 4.69) is 19.1 Å². The van der Waals surface area contributed by atoms with E-state index < -0.39 is 35.7 Å². The van der Waals surface area contributed by atoms with Crippen molar-refractivity contribution in [3.05, 3.63) is 12.2 Å². The molecule has 0 aromatic carbocycles. The number of aliphatic carboxylic acids is 3. The van der Waals surface area contributed by atoms with Crippen LogP contribution in [-0.2, 0) is 14.4 Å². The molecule has 0 radical (unpaired) electrons. The lowest BCUT2D eigenvalue weighted by Crippen LogP contribution is -2.52. The van der Waals surface area contributed by atoms with Crippen LogP contribution in [0.4, 0.5) is 0 Å². The summed E-state index contributed by atoms with van der Waals surface area (Å²) >= 11 is 0. The quantitative estimate of drug-likeness (QED) is 0.117. The maximum Gasteiger partial charge on any atom is 0.306 e. The van der Waals surface area contributed by atoms with Gasteiger partial charge in [0.1, 0.15) is 0 Å². The Balaban J connectivity index is 5.18. The first-order valence-corrected chi connectivity index (χ1v) is 12.7. The monoisotopic (exact) mass is 470 g/mol. The van der Waals surface area contributed by atoms with Crippen LogP contribution in [0.2, 0.25) is 0 Å². The Morgan fingerprint density at radius 2 is 1.03 bits per heavy atom. The molecule has 0 heterocycles. The van der Waals surface area contributed by atoms with Crippen molar-refractivity contribution in [2.45, 2.75) is 91.9 Å². The summed E-state index contributed by atoms with van der Waals surface area (Å²) in [5.41, 5.74) is 0. The minimum atomic E-state index is -0.831. The number of nitrogens with zero attached hydrogens (tertiary/aromatic N) is 1. The third kappa shape index (κ3) is 14.8. The average molecular weight is 471 g/mol. The van der Waals surface area contributed by atoms with Gasteiger partial charge in [-0.2, -0.15) is 0 Å². The predicted molar refractivity (Wildman–Crippen MR) is 131 cm³/mol. The number of allylic oxidation sites excluding steroid dienone is 2. The number of unbranched alkanes of at least 4 members (excludes halogenated alkanes) is 5. The van der Waals surface area contributed by atoms with Crippen molar-refractivity contribution in [3.8, 4) is 0 Å². The number of carboxylic acid groups (broad SMARTS) is 3. The highest BCUT2D eigenvalue weighted by molar-refractivity contribution is 5.70. The summed E-state index contributed by atoms with van der Waals surface area (Å²) in [7, 11) is 0. The maximum absolute atomic E-state index is 11.4. The number of quaternary nitrogens is 1. The third-order valence-electron chi connectivity index (χ3n) is 6.75. The van der Waals surface area contributed by atoms with Crippen molar-refractivity contribution < 1.29 is 34.2 Å². The van der Waals surface area contributed by atoms with Crippen molar-refractivity contribution in [3.63, 3.8) is 0 Å². The molecule has 192 valence electrons. The second-order valence-electron chi connectivity index (χ2n) is 9.78. The fourth-order valence-corrected chi connectivity index (χ4v) is 3.91. The molecule has 3 unspecified atom stereocenters. The van der Waals surface area contributed by atoms with Gasteiger partial charge in [-0.3, -0.25) is 14.4 Å². The van der Waals surface area contributed by atoms with Crippen LogP contribution >= 0.6 is 0 Å². The number of hydrogen-bond donors (Lipinski definition) is 3. The molecule has 33 heavy (non-hydrogen) atoms. The second-order valence-corrected chi connectivity index (χ2v) is 9.78. The van der Waals surface area contributed by atoms with Gasteiger partial charge in [-0.05, 0) is 32.1 Å². The fourth-order valence-electron chi connectivity index (χ4n) is 3.91. The van der Waals surface area contributed by atoms with Gasteiger partial charge in [0.2, 0.25) is 0 Å². The van der Waals surface area contributed by atoms with Crippen LogP contribution < -0.4 is 0 Å². The van der Waals surface area contributed by atoms with Crippen LogP contribution in [-0.4, -0.2) is 63.9 Å². The molecule has 0 fully saturated rings. The highest BCUT2D eigenvalue weighted by Crippen LogP contribution is 2.21. The summed E-state index contributed by atoms with van der Waals surface area (Å²) in [5.74, 6) is -3.94. The molecule has 0 rings (SSSR count). The third-order valence-corrected chi connectivity index (χ3v) is 6.75. The van der Waals surface area contributed by atoms with Gasteiger partial charge in [0.05, 0.1) is 43.9 Å². The molecule has 3 atom stereocenters. The molecule has 7 heteroatoms. The van der Waals surface area contributed by atoms with Crippen LogP contribution in [0.1, 0.15) is 91.9 Å². The predicted octanol–water partition coefficient (Wildman–Crippen LogP) is 5.44. The van der Waals surface area contributed by atoms with E-state index in [9.17, 15) is 29.7 Å². The largest absolute Gasteiger partial charge is 0.481 e. The Morgan fingerprint density at radius 1 is 0.636 bits per heavy atom. The van der Waals surface area contributed by atoms with Crippen molar-refractivity contribution in [2.75, 3.05) is 26.2 Å². The topological polar surface area (TPSA) is 112 Å². The summed E-state index contributed by atoms with van der Waals surface area (Å²) < 4.78 is 0.600. The highest BCUT2D eigenvalue weighted by Gasteiger charge is 2.31. The molecule has 0 saturated carbocycles. The minimum Gasteiger partial charge on any atom is -0.481 e. The molecule has 0 aromatic heterocycles. The summed E-state index contributed by atoms with van der Waals surface area (Å²) in [5, 5.41) is 28.0. The Labute approximate surface area is 200 Å². The first-order chi connectivity index (χ1) is 15.5. The van der Waals surface area contributed by atoms with E-state index in [-0.39, 0.29) is 0 Å². The van der Waals surface area contributed by atoms with Gasteiger partial charge >= 0.3 is 17.9 Å². The Kier molecular flexibility index (Phi) is 16.6. The first-order valence-electron chi connectivity index (χ1n) is 12.7. The molecule has 0 spiro atoms. The van der Waals surface area contributed by atoms with Gasteiger partial charge in [-0.15, -0.1) is 0 Å². The lowest BCUT2D eigenvalue weighted by atomic mass is 10.0. The lowest BCUT2D eigenvalue weighted by molar-refractivity contribution is -0.929. The summed E-state index contributed by atoms with van der Waals surface area (Å²) in [6.45, 7) is 9.98. The summed E-state index contributed by atoms with van der Waals surface area (Å²) in [6.07, 6.45) is 13.7. The molecule has 0 bridgehead atoms. The average Bonchev–Trinajstić information content (AvgIpc) is 2.77. The van der Waals surface area contributed by atoms with Gasteiger partial charge in [0.15, 0.2) is 0 Å². The van der Waals surface area contributed by atoms with Crippen LogP contribution in [0.25, 0.3) is 0 Å². The minimum absolute atomic E-state index is 0.480. The van der Waals surface area contributed by atoms with E-state index in [0.717, 1.165) is 51.5 Å². The van der Waals surface area contributed by atoms with Crippen LogP contribution in [0.5, 0.6) is 0 Å². The van der Waals surface area contributed by atoms with Crippen molar-refractivity contribution in [2.24, 2.45) is 17.8 Å². The van der Waals surface area contributed by atoms with Gasteiger partial charge < -0.3 is 19.8 Å². The van der Waals surface area contributed by atoms with Crippen LogP contribution in [0, 0.1) is 17.8 Å². The normalized spacial score (nSPS) is 16.2. The Hall–Kier alpha value is -1.89. The number of hydrogen-bond acceptors (Lipinski definition) is 3. The highest BCUT2D eigenvalue weighted by atomic mass is 16.4. The van der Waals surface area contributed by atoms with Crippen molar-refractivity contribution in [1.82, 2.24) is 0 Å². The van der Waals surface area contributed by atoms with E-state index in [1.807, 2.05) is 0 Å². The van der Waals surface area contributed by atoms with E-state index in [0.29, 0.717) is 43.4 Å². The van der Waals surface area contributed by atoms with Crippen LogP contribution in [0.3, 0.4) is 0 Å². The van der Waals surface area contributed by atoms with Gasteiger partial charge in [-0.25, -0.2) is 0 Å². The zero-order valence-electron chi connectivity index (χ0n) is 21.3. The lowest BCUT2D eigenvalue weighted by Gasteiger charge is -2.40. The standard InChI is InChI=1S/C26H47NO6/c1-5-6-7-8-9-10-11-12-13-17-27(18-14-21(2)24(28)29,19-15-22(3)25(30)31)20-16-23(4)26(32)33/h7-8,21-23H,5-6,9-20H2,1-4H3,(H2-,28,29,30,31,32,33)/p+1/b8-7+. The van der Waals surface area contributed by atoms with E-state index >= 15 is 0 Å². The molecule has 3 N–H and O–H groups in total. The zero-order valence-corrected chi connectivity index (χ0v) is 21.3. The van der Waals surface area contributed by atoms with E-state index in [1.54, 1.807) is 20.8 Å². The number of carboxylic acids is 3. The molecule has 0 amide bonds. The molecule has 0 aliphatic rings. The van der Waals surface area contributed by atoms with Crippen LogP contribution in [0.15, 0.2) is 12.2 Å². The zero-order chi connectivity index (χ0) is 25.3. The smallest absolute Gasteiger partial charge is 0.306 e. The van der Waals surface area contributed by atoms with E-state index in [4.69, 9.17) is 0 Å². The first kappa shape index (κ1) is 31.1. The van der Waals surface area contributed by atoms with Gasteiger partial charge in [-0.1, -0.05) is 52.7 Å². The fraction of sp³-hybridized carbons (Fsp3) is 0.808. The maximum atomic E-state index is 11.4. The number of rotatable bonds is 21. The molecular weight excluding hydrogens is 422 g/mol. The molecule has 0 aliphatic carbocycles. The number of carbonyl (C=O) groups is 3. The molecule has 0 saturated heterocycles. The summed E-state index contributed by atoms with van der Waals surface area (Å²) in [4.78, 5) is 34.2. The molecular formula is C26H48NO6+. The molecule has 0 aliphatic heterocycles.